The van der Waals surface area contributed by atoms with Crippen LogP contribution < -0.4 is 4.90 Å². The highest BCUT2D eigenvalue weighted by atomic mass is 32.1. The molecule has 1 amide bonds. The largest absolute Gasteiger partial charge is 0.379 e. The first-order valence-electron chi connectivity index (χ1n) is 9.75. The molecular weight excluding hydrogens is 390 g/mol. The second-order valence-corrected chi connectivity index (χ2v) is 8.99. The number of amides is 1. The molecule has 0 aromatic carbocycles. The Bertz CT molecular complexity index is 1040. The topological polar surface area (TPSA) is 84.6 Å². The Morgan fingerprint density at radius 3 is 3.03 bits per heavy atom. The monoisotopic (exact) mass is 413 g/mol. The van der Waals surface area contributed by atoms with E-state index in [0.717, 1.165) is 33.8 Å². The molecule has 0 aliphatic carbocycles. The number of likely N-dealkylation sites (tertiary alicyclic amines) is 1. The van der Waals surface area contributed by atoms with Gasteiger partial charge in [-0.15, -0.1) is 11.3 Å². The normalized spacial score (nSPS) is 22.8. The Balaban J connectivity index is 1.38. The standard InChI is InChI=1S/C20H23N5O3S/c1-13-15(14(2)28-23-13)9-25-11-20(7-18(25)26)10-24(4-5-27-12-20)19-21-8-17-16(22-19)3-6-29-17/h3,6,8H,4-5,7,9-12H2,1-2H3/t20-/m0/s1. The molecule has 1 spiro atoms. The van der Waals surface area contributed by atoms with Crippen LogP contribution in [0.1, 0.15) is 23.4 Å². The second-order valence-electron chi connectivity index (χ2n) is 8.04. The van der Waals surface area contributed by atoms with Crippen LogP contribution in [0.2, 0.25) is 0 Å². The van der Waals surface area contributed by atoms with Crippen LogP contribution in [0.4, 0.5) is 5.95 Å². The summed E-state index contributed by atoms with van der Waals surface area (Å²) in [5, 5.41) is 6.04. The van der Waals surface area contributed by atoms with Gasteiger partial charge in [-0.3, -0.25) is 4.79 Å². The lowest BCUT2D eigenvalue weighted by atomic mass is 9.87. The molecule has 2 saturated heterocycles. The number of hydrogen-bond acceptors (Lipinski definition) is 8. The van der Waals surface area contributed by atoms with Crippen molar-refractivity contribution in [2.75, 3.05) is 37.7 Å². The van der Waals surface area contributed by atoms with Gasteiger partial charge in [0.05, 0.1) is 41.9 Å². The van der Waals surface area contributed by atoms with E-state index in [4.69, 9.17) is 14.2 Å². The first kappa shape index (κ1) is 18.5. The predicted octanol–water partition coefficient (Wildman–Crippen LogP) is 2.55. The molecule has 3 aromatic rings. The van der Waals surface area contributed by atoms with Crippen molar-refractivity contribution in [3.8, 4) is 0 Å². The second kappa shape index (κ2) is 7.07. The molecule has 152 valence electrons. The highest BCUT2D eigenvalue weighted by Gasteiger charge is 2.46. The summed E-state index contributed by atoms with van der Waals surface area (Å²) in [5.74, 6) is 1.62. The Hall–Kier alpha value is -2.52. The van der Waals surface area contributed by atoms with E-state index >= 15 is 0 Å². The number of carbonyl (C=O) groups excluding carboxylic acids is 1. The molecule has 1 atom stereocenters. The van der Waals surface area contributed by atoms with E-state index in [9.17, 15) is 4.79 Å². The molecule has 5 rings (SSSR count). The molecule has 0 bridgehead atoms. The van der Waals surface area contributed by atoms with E-state index in [1.807, 2.05) is 36.4 Å². The lowest BCUT2D eigenvalue weighted by Crippen LogP contribution is -2.41. The van der Waals surface area contributed by atoms with E-state index in [-0.39, 0.29) is 11.3 Å². The molecule has 2 fully saturated rings. The lowest BCUT2D eigenvalue weighted by molar-refractivity contribution is -0.128. The summed E-state index contributed by atoms with van der Waals surface area (Å²) in [5.41, 5.74) is 2.53. The molecule has 5 heterocycles. The molecule has 2 aliphatic rings. The van der Waals surface area contributed by atoms with Gasteiger partial charge in [0.2, 0.25) is 11.9 Å². The number of ether oxygens (including phenoxy) is 1. The maximum atomic E-state index is 12.9. The number of rotatable bonds is 3. The van der Waals surface area contributed by atoms with Crippen LogP contribution in [-0.4, -0.2) is 58.8 Å². The summed E-state index contributed by atoms with van der Waals surface area (Å²) in [6.45, 7) is 7.56. The van der Waals surface area contributed by atoms with Gasteiger partial charge in [0.15, 0.2) is 0 Å². The SMILES string of the molecule is Cc1noc(C)c1CN1C[C@]2(COCCN(c3ncc4sccc4n3)C2)CC1=O. The molecule has 0 saturated carbocycles. The third-order valence-electron chi connectivity index (χ3n) is 5.85. The molecule has 0 radical (unpaired) electrons. The quantitative estimate of drug-likeness (QED) is 0.652. The zero-order chi connectivity index (χ0) is 20.0. The van der Waals surface area contributed by atoms with Crippen molar-refractivity contribution in [2.45, 2.75) is 26.8 Å². The van der Waals surface area contributed by atoms with E-state index in [1.54, 1.807) is 11.3 Å². The van der Waals surface area contributed by atoms with Crippen molar-refractivity contribution in [2.24, 2.45) is 5.41 Å². The van der Waals surface area contributed by atoms with Crippen LogP contribution in [0.25, 0.3) is 10.2 Å². The summed E-state index contributed by atoms with van der Waals surface area (Å²) < 4.78 is 12.3. The number of thiophene rings is 1. The zero-order valence-electron chi connectivity index (χ0n) is 16.6. The van der Waals surface area contributed by atoms with Gasteiger partial charge in [0.25, 0.3) is 0 Å². The van der Waals surface area contributed by atoms with Crippen molar-refractivity contribution < 1.29 is 14.1 Å². The smallest absolute Gasteiger partial charge is 0.226 e. The molecular formula is C20H23N5O3S. The van der Waals surface area contributed by atoms with Gasteiger partial charge in [-0.25, -0.2) is 9.97 Å². The van der Waals surface area contributed by atoms with Crippen molar-refractivity contribution in [3.63, 3.8) is 0 Å². The Kier molecular flexibility index (Phi) is 4.51. The zero-order valence-corrected chi connectivity index (χ0v) is 17.4. The average molecular weight is 414 g/mol. The third-order valence-corrected chi connectivity index (χ3v) is 6.69. The van der Waals surface area contributed by atoms with Crippen LogP contribution in [0.5, 0.6) is 0 Å². The van der Waals surface area contributed by atoms with E-state index < -0.39 is 0 Å². The average Bonchev–Trinajstić information content (AvgIpc) is 3.33. The summed E-state index contributed by atoms with van der Waals surface area (Å²) in [6.07, 6.45) is 2.35. The summed E-state index contributed by atoms with van der Waals surface area (Å²) in [4.78, 5) is 26.2. The molecule has 8 nitrogen and oxygen atoms in total. The van der Waals surface area contributed by atoms with Crippen molar-refractivity contribution in [1.29, 1.82) is 0 Å². The minimum absolute atomic E-state index is 0.143. The molecule has 29 heavy (non-hydrogen) atoms. The van der Waals surface area contributed by atoms with Crippen LogP contribution >= 0.6 is 11.3 Å². The van der Waals surface area contributed by atoms with Gasteiger partial charge in [0.1, 0.15) is 5.76 Å². The first-order chi connectivity index (χ1) is 14.0. The molecule has 0 N–H and O–H groups in total. The van der Waals surface area contributed by atoms with Crippen LogP contribution in [0.15, 0.2) is 22.2 Å². The van der Waals surface area contributed by atoms with Gasteiger partial charge >= 0.3 is 0 Å². The highest BCUT2D eigenvalue weighted by molar-refractivity contribution is 7.17. The maximum absolute atomic E-state index is 12.9. The maximum Gasteiger partial charge on any atom is 0.226 e. The number of hydrogen-bond donors (Lipinski definition) is 0. The summed E-state index contributed by atoms with van der Waals surface area (Å²) >= 11 is 1.64. The van der Waals surface area contributed by atoms with E-state index in [1.165, 1.54) is 0 Å². The fourth-order valence-electron chi connectivity index (χ4n) is 4.32. The molecule has 3 aromatic heterocycles. The van der Waals surface area contributed by atoms with Gasteiger partial charge in [-0.1, -0.05) is 5.16 Å². The van der Waals surface area contributed by atoms with E-state index in [2.05, 4.69) is 15.0 Å². The summed E-state index contributed by atoms with van der Waals surface area (Å²) in [6, 6.07) is 2.01. The number of aryl methyl sites for hydroxylation is 2. The molecule has 2 aliphatic heterocycles. The predicted molar refractivity (Wildman–Crippen MR) is 109 cm³/mol. The fraction of sp³-hybridized carbons (Fsp3) is 0.500. The first-order valence-corrected chi connectivity index (χ1v) is 10.6. The molecule has 9 heteroatoms. The van der Waals surface area contributed by atoms with Crippen LogP contribution in [0, 0.1) is 19.3 Å². The number of anilines is 1. The van der Waals surface area contributed by atoms with Crippen molar-refractivity contribution in [1.82, 2.24) is 20.0 Å². The minimum atomic E-state index is -0.264. The summed E-state index contributed by atoms with van der Waals surface area (Å²) in [7, 11) is 0. The van der Waals surface area contributed by atoms with Crippen molar-refractivity contribution in [3.05, 3.63) is 34.7 Å². The number of carbonyl (C=O) groups is 1. The highest BCUT2D eigenvalue weighted by Crippen LogP contribution is 2.36. The van der Waals surface area contributed by atoms with E-state index in [0.29, 0.717) is 45.2 Å². The van der Waals surface area contributed by atoms with Gasteiger partial charge in [0, 0.05) is 37.0 Å². The van der Waals surface area contributed by atoms with Crippen LogP contribution in [-0.2, 0) is 16.1 Å². The number of fused-ring (bicyclic) bond motifs is 1. The Morgan fingerprint density at radius 2 is 2.21 bits per heavy atom. The van der Waals surface area contributed by atoms with Gasteiger partial charge in [-0.05, 0) is 25.3 Å². The number of nitrogens with zero attached hydrogens (tertiary/aromatic N) is 5. The minimum Gasteiger partial charge on any atom is -0.379 e. The Labute approximate surface area is 172 Å². The van der Waals surface area contributed by atoms with Gasteiger partial charge in [-0.2, -0.15) is 0 Å². The number of aromatic nitrogens is 3. The van der Waals surface area contributed by atoms with Crippen molar-refractivity contribution >= 4 is 33.4 Å². The lowest BCUT2D eigenvalue weighted by Gasteiger charge is -2.31. The third kappa shape index (κ3) is 3.38. The molecule has 0 unspecified atom stereocenters. The van der Waals surface area contributed by atoms with Gasteiger partial charge < -0.3 is 19.1 Å². The fourth-order valence-corrected chi connectivity index (χ4v) is 5.01. The van der Waals surface area contributed by atoms with Crippen LogP contribution in [0.3, 0.4) is 0 Å². The Morgan fingerprint density at radius 1 is 1.31 bits per heavy atom.